The number of benzene rings is 1. The van der Waals surface area contributed by atoms with Crippen molar-refractivity contribution >= 4 is 11.8 Å². The highest BCUT2D eigenvalue weighted by Crippen LogP contribution is 2.10. The largest absolute Gasteiger partial charge is 0.395 e. The van der Waals surface area contributed by atoms with Crippen molar-refractivity contribution in [2.75, 3.05) is 20.2 Å². The number of rotatable bonds is 4. The van der Waals surface area contributed by atoms with Crippen molar-refractivity contribution in [1.29, 1.82) is 0 Å². The van der Waals surface area contributed by atoms with E-state index in [0.717, 1.165) is 12.1 Å². The highest BCUT2D eigenvalue weighted by Gasteiger charge is 2.12. The van der Waals surface area contributed by atoms with Crippen molar-refractivity contribution in [2.24, 2.45) is 0 Å². The standard InChI is InChI=1S/C14H15FN2O3/c1-16-13(19)9-17-14(20)12-6-5-11(15)8-10(12)4-2-3-7-18/h5-6,8,18H,3,7,9H2,1H3,(H,16,19)(H,17,20). The molecule has 0 aliphatic carbocycles. The Bertz CT molecular complexity index is 561. The number of aliphatic hydroxyl groups excluding tert-OH is 1. The molecule has 0 spiro atoms. The van der Waals surface area contributed by atoms with Gasteiger partial charge in [0.25, 0.3) is 5.91 Å². The molecule has 0 radical (unpaired) electrons. The van der Waals surface area contributed by atoms with Gasteiger partial charge in [0, 0.05) is 19.0 Å². The molecule has 0 atom stereocenters. The van der Waals surface area contributed by atoms with Crippen LogP contribution >= 0.6 is 0 Å². The minimum Gasteiger partial charge on any atom is -0.395 e. The van der Waals surface area contributed by atoms with Gasteiger partial charge in [0.05, 0.1) is 18.7 Å². The van der Waals surface area contributed by atoms with Crippen LogP contribution in [0.15, 0.2) is 18.2 Å². The molecular formula is C14H15FN2O3. The van der Waals surface area contributed by atoms with Crippen molar-refractivity contribution in [3.05, 3.63) is 35.1 Å². The van der Waals surface area contributed by atoms with Gasteiger partial charge in [0.2, 0.25) is 5.91 Å². The fourth-order valence-corrected chi connectivity index (χ4v) is 1.38. The molecule has 0 heterocycles. The molecule has 0 aliphatic rings. The predicted octanol–water partition coefficient (Wildman–Crippen LogP) is 0.0354. The van der Waals surface area contributed by atoms with Crippen LogP contribution in [-0.2, 0) is 4.79 Å². The molecule has 1 aromatic carbocycles. The Morgan fingerprint density at radius 3 is 2.80 bits per heavy atom. The normalized spacial score (nSPS) is 9.35. The first-order chi connectivity index (χ1) is 9.58. The van der Waals surface area contributed by atoms with E-state index in [1.54, 1.807) is 0 Å². The summed E-state index contributed by atoms with van der Waals surface area (Å²) < 4.78 is 13.2. The molecule has 1 aromatic rings. The van der Waals surface area contributed by atoms with Gasteiger partial charge in [-0.2, -0.15) is 0 Å². The summed E-state index contributed by atoms with van der Waals surface area (Å²) in [5, 5.41) is 13.4. The van der Waals surface area contributed by atoms with Crippen LogP contribution in [0.5, 0.6) is 0 Å². The van der Waals surface area contributed by atoms with Gasteiger partial charge in [-0.1, -0.05) is 11.8 Å². The Morgan fingerprint density at radius 1 is 1.40 bits per heavy atom. The van der Waals surface area contributed by atoms with E-state index in [1.165, 1.54) is 13.1 Å². The molecule has 5 nitrogen and oxygen atoms in total. The lowest BCUT2D eigenvalue weighted by Gasteiger charge is -2.06. The number of likely N-dealkylation sites (N-methyl/N-ethyl adjacent to an activating group) is 1. The second kappa shape index (κ2) is 7.92. The second-order valence-electron chi connectivity index (χ2n) is 3.82. The number of nitrogens with one attached hydrogen (secondary N) is 2. The molecule has 3 N–H and O–H groups in total. The molecule has 106 valence electrons. The Hall–Kier alpha value is -2.39. The first-order valence-corrected chi connectivity index (χ1v) is 5.96. The quantitative estimate of drug-likeness (QED) is 0.680. The summed E-state index contributed by atoms with van der Waals surface area (Å²) >= 11 is 0. The van der Waals surface area contributed by atoms with Gasteiger partial charge in [0.15, 0.2) is 0 Å². The highest BCUT2D eigenvalue weighted by atomic mass is 19.1. The number of carbonyl (C=O) groups is 2. The van der Waals surface area contributed by atoms with E-state index < -0.39 is 11.7 Å². The summed E-state index contributed by atoms with van der Waals surface area (Å²) in [5.74, 6) is 3.89. The van der Waals surface area contributed by atoms with Gasteiger partial charge in [0.1, 0.15) is 5.82 Å². The maximum absolute atomic E-state index is 13.2. The molecule has 6 heteroatoms. The fourth-order valence-electron chi connectivity index (χ4n) is 1.38. The van der Waals surface area contributed by atoms with Gasteiger partial charge >= 0.3 is 0 Å². The lowest BCUT2D eigenvalue weighted by molar-refractivity contribution is -0.119. The zero-order chi connectivity index (χ0) is 15.0. The summed E-state index contributed by atoms with van der Waals surface area (Å²) in [6.45, 7) is -0.281. The number of carbonyl (C=O) groups excluding carboxylic acids is 2. The summed E-state index contributed by atoms with van der Waals surface area (Å²) in [4.78, 5) is 23.0. The zero-order valence-corrected chi connectivity index (χ0v) is 11.0. The first-order valence-electron chi connectivity index (χ1n) is 5.96. The molecule has 0 aromatic heterocycles. The topological polar surface area (TPSA) is 78.4 Å². The van der Waals surface area contributed by atoms with E-state index in [9.17, 15) is 14.0 Å². The van der Waals surface area contributed by atoms with Gasteiger partial charge in [-0.15, -0.1) is 0 Å². The average Bonchev–Trinajstić information content (AvgIpc) is 2.44. The number of amides is 2. The minimum absolute atomic E-state index is 0.111. The van der Waals surface area contributed by atoms with E-state index in [-0.39, 0.29) is 36.6 Å². The van der Waals surface area contributed by atoms with Crippen LogP contribution in [0.3, 0.4) is 0 Å². The van der Waals surface area contributed by atoms with Crippen molar-refractivity contribution in [3.8, 4) is 11.8 Å². The molecule has 20 heavy (non-hydrogen) atoms. The van der Waals surface area contributed by atoms with E-state index >= 15 is 0 Å². The van der Waals surface area contributed by atoms with Crippen molar-refractivity contribution in [3.63, 3.8) is 0 Å². The lowest BCUT2D eigenvalue weighted by atomic mass is 10.1. The Kier molecular flexibility index (Phi) is 6.20. The van der Waals surface area contributed by atoms with Gasteiger partial charge in [-0.25, -0.2) is 4.39 Å². The Balaban J connectivity index is 2.91. The zero-order valence-electron chi connectivity index (χ0n) is 11.0. The van der Waals surface area contributed by atoms with Crippen molar-refractivity contribution in [2.45, 2.75) is 6.42 Å². The second-order valence-corrected chi connectivity index (χ2v) is 3.82. The van der Waals surface area contributed by atoms with Crippen LogP contribution < -0.4 is 10.6 Å². The van der Waals surface area contributed by atoms with Crippen molar-refractivity contribution in [1.82, 2.24) is 10.6 Å². The van der Waals surface area contributed by atoms with Crippen LogP contribution in [0.4, 0.5) is 4.39 Å². The van der Waals surface area contributed by atoms with Gasteiger partial charge < -0.3 is 15.7 Å². The molecule has 0 fully saturated rings. The third kappa shape index (κ3) is 4.71. The summed E-state index contributed by atoms with van der Waals surface area (Å²) in [6, 6.07) is 3.59. The number of hydrogen-bond donors (Lipinski definition) is 3. The maximum Gasteiger partial charge on any atom is 0.252 e. The van der Waals surface area contributed by atoms with Crippen LogP contribution in [0.25, 0.3) is 0 Å². The van der Waals surface area contributed by atoms with E-state index in [0.29, 0.717) is 0 Å². The Labute approximate surface area is 116 Å². The third-order valence-corrected chi connectivity index (χ3v) is 2.37. The maximum atomic E-state index is 13.2. The van der Waals surface area contributed by atoms with E-state index in [1.807, 2.05) is 0 Å². The molecular weight excluding hydrogens is 263 g/mol. The van der Waals surface area contributed by atoms with E-state index in [4.69, 9.17) is 5.11 Å². The molecule has 0 unspecified atom stereocenters. The molecule has 0 bridgehead atoms. The number of halogens is 1. The van der Waals surface area contributed by atoms with Crippen LogP contribution in [0, 0.1) is 17.7 Å². The summed E-state index contributed by atoms with van der Waals surface area (Å²) in [5.41, 5.74) is 0.397. The summed E-state index contributed by atoms with van der Waals surface area (Å²) in [7, 11) is 1.46. The van der Waals surface area contributed by atoms with Crippen molar-refractivity contribution < 1.29 is 19.1 Å². The first kappa shape index (κ1) is 15.7. The number of aliphatic hydroxyl groups is 1. The van der Waals surface area contributed by atoms with Crippen LogP contribution in [0.2, 0.25) is 0 Å². The highest BCUT2D eigenvalue weighted by molar-refractivity contribution is 5.98. The van der Waals surface area contributed by atoms with E-state index in [2.05, 4.69) is 22.5 Å². The monoisotopic (exact) mass is 278 g/mol. The predicted molar refractivity (Wildman–Crippen MR) is 71.4 cm³/mol. The summed E-state index contributed by atoms with van der Waals surface area (Å²) in [6.07, 6.45) is 0.232. The van der Waals surface area contributed by atoms with Gasteiger partial charge in [-0.05, 0) is 18.2 Å². The minimum atomic E-state index is -0.513. The molecule has 2 amide bonds. The fraction of sp³-hybridized carbons (Fsp3) is 0.286. The SMILES string of the molecule is CNC(=O)CNC(=O)c1ccc(F)cc1C#CCCO. The molecule has 0 saturated carbocycles. The van der Waals surface area contributed by atoms with Gasteiger partial charge in [-0.3, -0.25) is 9.59 Å². The third-order valence-electron chi connectivity index (χ3n) is 2.37. The molecule has 0 aliphatic heterocycles. The average molecular weight is 278 g/mol. The Morgan fingerprint density at radius 2 is 2.15 bits per heavy atom. The lowest BCUT2D eigenvalue weighted by Crippen LogP contribution is -2.35. The molecule has 0 saturated heterocycles. The smallest absolute Gasteiger partial charge is 0.252 e. The number of hydrogen-bond acceptors (Lipinski definition) is 3. The van der Waals surface area contributed by atoms with Crippen LogP contribution in [0.1, 0.15) is 22.3 Å². The van der Waals surface area contributed by atoms with Crippen LogP contribution in [-0.4, -0.2) is 37.1 Å². The molecule has 1 rings (SSSR count).